The Bertz CT molecular complexity index is 529. The van der Waals surface area contributed by atoms with E-state index in [1.54, 1.807) is 35.7 Å². The number of nitrogens with one attached hydrogen (secondary N) is 1. The van der Waals surface area contributed by atoms with Crippen LogP contribution in [0.3, 0.4) is 0 Å². The summed E-state index contributed by atoms with van der Waals surface area (Å²) in [4.78, 5) is 0. The molecule has 6 heteroatoms. The first kappa shape index (κ1) is 15.3. The van der Waals surface area contributed by atoms with Crippen molar-refractivity contribution in [2.24, 2.45) is 0 Å². The quantitative estimate of drug-likeness (QED) is 0.795. The van der Waals surface area contributed by atoms with Crippen LogP contribution in [0.25, 0.3) is 0 Å². The number of hydrogen-bond acceptors (Lipinski definition) is 6. The predicted octanol–water partition coefficient (Wildman–Crippen LogP) is 3.34. The SMILES string of the molecule is COc1ccc(CNC(C)C)cc1CSc1nncs1. The second-order valence-electron chi connectivity index (χ2n) is 4.68. The average Bonchev–Trinajstić information content (AvgIpc) is 2.96. The Morgan fingerprint density at radius 3 is 2.90 bits per heavy atom. The van der Waals surface area contributed by atoms with Gasteiger partial charge >= 0.3 is 0 Å². The van der Waals surface area contributed by atoms with Crippen molar-refractivity contribution in [3.63, 3.8) is 0 Å². The maximum atomic E-state index is 5.43. The number of benzene rings is 1. The van der Waals surface area contributed by atoms with Crippen LogP contribution in [0.1, 0.15) is 25.0 Å². The summed E-state index contributed by atoms with van der Waals surface area (Å²) in [6.07, 6.45) is 0. The van der Waals surface area contributed by atoms with Crippen molar-refractivity contribution in [3.05, 3.63) is 34.8 Å². The van der Waals surface area contributed by atoms with Crippen LogP contribution >= 0.6 is 23.1 Å². The van der Waals surface area contributed by atoms with Gasteiger partial charge in [0.25, 0.3) is 0 Å². The summed E-state index contributed by atoms with van der Waals surface area (Å²) in [6.45, 7) is 5.17. The zero-order valence-electron chi connectivity index (χ0n) is 11.9. The molecule has 0 atom stereocenters. The molecule has 2 aromatic rings. The van der Waals surface area contributed by atoms with Crippen molar-refractivity contribution in [2.45, 2.75) is 36.5 Å². The standard InChI is InChI=1S/C14H19N3OS2/c1-10(2)15-7-11-4-5-13(18-3)12(6-11)8-19-14-17-16-9-20-14/h4-6,9-10,15H,7-8H2,1-3H3. The topological polar surface area (TPSA) is 47.0 Å². The van der Waals surface area contributed by atoms with Crippen molar-refractivity contribution in [2.75, 3.05) is 7.11 Å². The van der Waals surface area contributed by atoms with Gasteiger partial charge in [-0.05, 0) is 17.7 Å². The molecule has 0 radical (unpaired) electrons. The van der Waals surface area contributed by atoms with Crippen LogP contribution in [0.2, 0.25) is 0 Å². The van der Waals surface area contributed by atoms with E-state index < -0.39 is 0 Å². The Morgan fingerprint density at radius 1 is 1.40 bits per heavy atom. The minimum atomic E-state index is 0.483. The number of nitrogens with zero attached hydrogens (tertiary/aromatic N) is 2. The van der Waals surface area contributed by atoms with Gasteiger partial charge in [-0.1, -0.05) is 43.0 Å². The fraction of sp³-hybridized carbons (Fsp3) is 0.429. The smallest absolute Gasteiger partial charge is 0.174 e. The molecular weight excluding hydrogens is 290 g/mol. The van der Waals surface area contributed by atoms with E-state index in [0.717, 1.165) is 22.4 Å². The van der Waals surface area contributed by atoms with Crippen LogP contribution in [0, 0.1) is 0 Å². The highest BCUT2D eigenvalue weighted by Crippen LogP contribution is 2.29. The third-order valence-corrected chi connectivity index (χ3v) is 4.66. The molecular formula is C14H19N3OS2. The van der Waals surface area contributed by atoms with Crippen molar-refractivity contribution in [3.8, 4) is 5.75 Å². The Balaban J connectivity index is 2.05. The van der Waals surface area contributed by atoms with Crippen LogP contribution in [-0.4, -0.2) is 23.3 Å². The van der Waals surface area contributed by atoms with Gasteiger partial charge in [-0.15, -0.1) is 10.2 Å². The third kappa shape index (κ3) is 4.47. The summed E-state index contributed by atoms with van der Waals surface area (Å²) in [5, 5.41) is 11.3. The van der Waals surface area contributed by atoms with E-state index in [0.29, 0.717) is 6.04 Å². The maximum absolute atomic E-state index is 5.43. The number of methoxy groups -OCH3 is 1. The van der Waals surface area contributed by atoms with E-state index in [2.05, 4.69) is 41.5 Å². The van der Waals surface area contributed by atoms with Crippen LogP contribution in [0.15, 0.2) is 28.0 Å². The number of thioether (sulfide) groups is 1. The number of hydrogen-bond donors (Lipinski definition) is 1. The Morgan fingerprint density at radius 2 is 2.25 bits per heavy atom. The highest BCUT2D eigenvalue weighted by atomic mass is 32.2. The third-order valence-electron chi connectivity index (χ3n) is 2.75. The van der Waals surface area contributed by atoms with E-state index in [1.165, 1.54) is 11.1 Å². The van der Waals surface area contributed by atoms with Gasteiger partial charge in [0, 0.05) is 23.9 Å². The number of aromatic nitrogens is 2. The van der Waals surface area contributed by atoms with Crippen LogP contribution < -0.4 is 10.1 Å². The molecule has 0 aliphatic carbocycles. The van der Waals surface area contributed by atoms with Gasteiger partial charge in [-0.2, -0.15) is 0 Å². The summed E-state index contributed by atoms with van der Waals surface area (Å²) in [5.41, 5.74) is 4.21. The monoisotopic (exact) mass is 309 g/mol. The minimum absolute atomic E-state index is 0.483. The lowest BCUT2D eigenvalue weighted by Gasteiger charge is -2.12. The molecule has 0 saturated carbocycles. The van der Waals surface area contributed by atoms with E-state index >= 15 is 0 Å². The first-order valence-electron chi connectivity index (χ1n) is 6.47. The van der Waals surface area contributed by atoms with Crippen molar-refractivity contribution < 1.29 is 4.74 Å². The molecule has 0 amide bonds. The molecule has 1 heterocycles. The second kappa shape index (κ2) is 7.61. The van der Waals surface area contributed by atoms with Gasteiger partial charge in [0.05, 0.1) is 7.11 Å². The average molecular weight is 309 g/mol. The zero-order chi connectivity index (χ0) is 14.4. The van der Waals surface area contributed by atoms with Crippen molar-refractivity contribution >= 4 is 23.1 Å². The first-order valence-corrected chi connectivity index (χ1v) is 8.33. The number of ether oxygens (including phenoxy) is 1. The summed E-state index contributed by atoms with van der Waals surface area (Å²) in [6, 6.07) is 6.82. The largest absolute Gasteiger partial charge is 0.496 e. The second-order valence-corrected chi connectivity index (χ2v) is 6.73. The lowest BCUT2D eigenvalue weighted by Crippen LogP contribution is -2.21. The van der Waals surface area contributed by atoms with Gasteiger partial charge in [-0.3, -0.25) is 0 Å². The molecule has 0 spiro atoms. The molecule has 1 aromatic heterocycles. The lowest BCUT2D eigenvalue weighted by atomic mass is 10.1. The molecule has 1 aromatic carbocycles. The molecule has 2 rings (SSSR count). The van der Waals surface area contributed by atoms with E-state index in [9.17, 15) is 0 Å². The van der Waals surface area contributed by atoms with Gasteiger partial charge in [0.2, 0.25) is 0 Å². The Labute approximate surface area is 128 Å². The minimum Gasteiger partial charge on any atom is -0.496 e. The molecule has 0 bridgehead atoms. The maximum Gasteiger partial charge on any atom is 0.174 e. The molecule has 0 fully saturated rings. The highest BCUT2D eigenvalue weighted by molar-refractivity contribution is 8.00. The van der Waals surface area contributed by atoms with Gasteiger partial charge in [0.15, 0.2) is 4.34 Å². The summed E-state index contributed by atoms with van der Waals surface area (Å²) >= 11 is 3.25. The molecule has 1 N–H and O–H groups in total. The normalized spacial score (nSPS) is 11.0. The fourth-order valence-electron chi connectivity index (χ4n) is 1.74. The van der Waals surface area contributed by atoms with E-state index in [-0.39, 0.29) is 0 Å². The molecule has 0 aliphatic heterocycles. The molecule has 0 saturated heterocycles. The number of rotatable bonds is 7. The molecule has 0 unspecified atom stereocenters. The molecule has 0 aliphatic rings. The van der Waals surface area contributed by atoms with Gasteiger partial charge < -0.3 is 10.1 Å². The highest BCUT2D eigenvalue weighted by Gasteiger charge is 2.07. The fourth-order valence-corrected chi connectivity index (χ4v) is 3.21. The van der Waals surface area contributed by atoms with E-state index in [4.69, 9.17) is 4.74 Å². The van der Waals surface area contributed by atoms with Crippen molar-refractivity contribution in [1.29, 1.82) is 0 Å². The van der Waals surface area contributed by atoms with Crippen LogP contribution in [0.4, 0.5) is 0 Å². The molecule has 4 nitrogen and oxygen atoms in total. The Kier molecular flexibility index (Phi) is 5.82. The Hall–Kier alpha value is -1.11. The van der Waals surface area contributed by atoms with E-state index in [1.807, 2.05) is 6.07 Å². The molecule has 108 valence electrons. The van der Waals surface area contributed by atoms with Crippen LogP contribution in [-0.2, 0) is 12.3 Å². The van der Waals surface area contributed by atoms with Crippen molar-refractivity contribution in [1.82, 2.24) is 15.5 Å². The summed E-state index contributed by atoms with van der Waals surface area (Å²) < 4.78 is 6.41. The first-order chi connectivity index (χ1) is 9.69. The summed E-state index contributed by atoms with van der Waals surface area (Å²) in [5.74, 6) is 1.77. The summed E-state index contributed by atoms with van der Waals surface area (Å²) in [7, 11) is 1.71. The zero-order valence-corrected chi connectivity index (χ0v) is 13.6. The van der Waals surface area contributed by atoms with Crippen LogP contribution in [0.5, 0.6) is 5.75 Å². The molecule has 20 heavy (non-hydrogen) atoms. The van der Waals surface area contributed by atoms with Gasteiger partial charge in [-0.25, -0.2) is 0 Å². The predicted molar refractivity (Wildman–Crippen MR) is 84.4 cm³/mol. The van der Waals surface area contributed by atoms with Gasteiger partial charge in [0.1, 0.15) is 11.3 Å². The lowest BCUT2D eigenvalue weighted by molar-refractivity contribution is 0.411.